The van der Waals surface area contributed by atoms with Crippen molar-refractivity contribution < 1.29 is 0 Å². The second kappa shape index (κ2) is 4.37. The Balaban J connectivity index is 2.08. The van der Waals surface area contributed by atoms with Gasteiger partial charge in [-0.3, -0.25) is 9.78 Å². The Morgan fingerprint density at radius 3 is 2.83 bits per heavy atom. The monoisotopic (exact) mass is 238 g/mol. The molecular formula is C13H10N4O. The largest absolute Gasteiger partial charge is 0.277 e. The molecule has 3 aromatic rings. The third-order valence-electron chi connectivity index (χ3n) is 2.68. The average Bonchev–Trinajstić information content (AvgIpc) is 2.43. The van der Waals surface area contributed by atoms with Crippen molar-refractivity contribution in [2.24, 2.45) is 0 Å². The maximum absolute atomic E-state index is 12.2. The van der Waals surface area contributed by atoms with Crippen LogP contribution in [-0.4, -0.2) is 20.0 Å². The lowest BCUT2D eigenvalue weighted by atomic mass is 10.2. The van der Waals surface area contributed by atoms with Crippen LogP contribution in [0.2, 0.25) is 0 Å². The summed E-state index contributed by atoms with van der Waals surface area (Å²) in [6.45, 7) is 0.379. The fourth-order valence-electron chi connectivity index (χ4n) is 1.79. The molecule has 1 aromatic carbocycles. The Morgan fingerprint density at radius 2 is 2.00 bits per heavy atom. The van der Waals surface area contributed by atoms with Crippen molar-refractivity contribution in [3.8, 4) is 0 Å². The van der Waals surface area contributed by atoms with Crippen molar-refractivity contribution in [3.05, 3.63) is 64.7 Å². The minimum absolute atomic E-state index is 0.135. The van der Waals surface area contributed by atoms with Crippen LogP contribution in [0.4, 0.5) is 0 Å². The van der Waals surface area contributed by atoms with Gasteiger partial charge in [0.15, 0.2) is 0 Å². The summed E-state index contributed by atoms with van der Waals surface area (Å²) in [5.41, 5.74) is 1.40. The van der Waals surface area contributed by atoms with E-state index in [1.54, 1.807) is 24.5 Å². The van der Waals surface area contributed by atoms with Gasteiger partial charge >= 0.3 is 0 Å². The van der Waals surface area contributed by atoms with Gasteiger partial charge in [0.2, 0.25) is 0 Å². The number of fused-ring (bicyclic) bond motifs is 1. The molecule has 0 aliphatic carbocycles. The smallest absolute Gasteiger partial charge is 0.267 e. The van der Waals surface area contributed by atoms with E-state index in [0.29, 0.717) is 17.4 Å². The Morgan fingerprint density at radius 1 is 1.11 bits per heavy atom. The minimum Gasteiger partial charge on any atom is -0.267 e. The fraction of sp³-hybridized carbons (Fsp3) is 0.0769. The van der Waals surface area contributed by atoms with Gasteiger partial charge in [-0.1, -0.05) is 23.4 Å². The summed E-state index contributed by atoms with van der Waals surface area (Å²) in [6, 6.07) is 10.9. The Kier molecular flexibility index (Phi) is 2.57. The second-order valence-corrected chi connectivity index (χ2v) is 3.93. The zero-order chi connectivity index (χ0) is 12.4. The van der Waals surface area contributed by atoms with Gasteiger partial charge in [0.1, 0.15) is 5.52 Å². The van der Waals surface area contributed by atoms with Crippen LogP contribution in [0.3, 0.4) is 0 Å². The molecule has 0 saturated heterocycles. The molecule has 0 fully saturated rings. The van der Waals surface area contributed by atoms with Crippen molar-refractivity contribution in [1.29, 1.82) is 0 Å². The van der Waals surface area contributed by atoms with Crippen LogP contribution in [-0.2, 0) is 6.54 Å². The van der Waals surface area contributed by atoms with Gasteiger partial charge in [0.25, 0.3) is 5.56 Å². The molecule has 0 atom stereocenters. The first kappa shape index (κ1) is 10.6. The number of hydrogen-bond acceptors (Lipinski definition) is 4. The highest BCUT2D eigenvalue weighted by atomic mass is 16.1. The van der Waals surface area contributed by atoms with E-state index in [2.05, 4.69) is 15.3 Å². The van der Waals surface area contributed by atoms with E-state index in [1.807, 2.05) is 24.3 Å². The third-order valence-corrected chi connectivity index (χ3v) is 2.68. The van der Waals surface area contributed by atoms with Crippen LogP contribution < -0.4 is 5.56 Å². The van der Waals surface area contributed by atoms with Gasteiger partial charge in [-0.15, -0.1) is 5.10 Å². The molecule has 2 aromatic heterocycles. The summed E-state index contributed by atoms with van der Waals surface area (Å²) in [5, 5.41) is 8.54. The lowest BCUT2D eigenvalue weighted by Gasteiger charge is -2.04. The number of benzene rings is 1. The number of hydrogen-bond donors (Lipinski definition) is 0. The highest BCUT2D eigenvalue weighted by Crippen LogP contribution is 2.04. The molecule has 0 unspecified atom stereocenters. The first-order valence-corrected chi connectivity index (χ1v) is 5.56. The number of aromatic nitrogens is 4. The normalized spacial score (nSPS) is 10.7. The van der Waals surface area contributed by atoms with E-state index < -0.39 is 0 Å². The van der Waals surface area contributed by atoms with Crippen molar-refractivity contribution in [1.82, 2.24) is 20.0 Å². The van der Waals surface area contributed by atoms with Gasteiger partial charge in [0, 0.05) is 12.4 Å². The van der Waals surface area contributed by atoms with Crippen LogP contribution in [0.1, 0.15) is 5.56 Å². The van der Waals surface area contributed by atoms with Crippen LogP contribution in [0.15, 0.2) is 53.6 Å². The van der Waals surface area contributed by atoms with Crippen molar-refractivity contribution in [2.45, 2.75) is 6.54 Å². The zero-order valence-corrected chi connectivity index (χ0v) is 9.52. The molecule has 0 amide bonds. The molecule has 0 saturated carbocycles. The Labute approximate surface area is 103 Å². The lowest BCUT2D eigenvalue weighted by molar-refractivity contribution is 0.599. The third kappa shape index (κ3) is 1.86. The SMILES string of the molecule is O=c1c2ccccc2nnn1Cc1cccnc1. The molecule has 0 bridgehead atoms. The van der Waals surface area contributed by atoms with E-state index in [-0.39, 0.29) is 5.56 Å². The molecule has 0 radical (unpaired) electrons. The first-order chi connectivity index (χ1) is 8.84. The standard InChI is InChI=1S/C13H10N4O/c18-13-11-5-1-2-6-12(11)15-16-17(13)9-10-4-3-7-14-8-10/h1-8H,9H2. The Hall–Kier alpha value is -2.56. The van der Waals surface area contributed by atoms with E-state index in [1.165, 1.54) is 4.68 Å². The van der Waals surface area contributed by atoms with Crippen molar-refractivity contribution in [2.75, 3.05) is 0 Å². The summed E-state index contributed by atoms with van der Waals surface area (Å²) in [4.78, 5) is 16.2. The van der Waals surface area contributed by atoms with E-state index in [4.69, 9.17) is 0 Å². The van der Waals surface area contributed by atoms with Crippen LogP contribution in [0, 0.1) is 0 Å². The summed E-state index contributed by atoms with van der Waals surface area (Å²) < 4.78 is 1.35. The van der Waals surface area contributed by atoms with Gasteiger partial charge in [-0.25, -0.2) is 4.68 Å². The van der Waals surface area contributed by atoms with Gasteiger partial charge in [-0.05, 0) is 23.8 Å². The molecule has 5 heteroatoms. The zero-order valence-electron chi connectivity index (χ0n) is 9.52. The molecule has 88 valence electrons. The highest BCUT2D eigenvalue weighted by Gasteiger charge is 2.05. The topological polar surface area (TPSA) is 60.7 Å². The molecule has 3 rings (SSSR count). The van der Waals surface area contributed by atoms with Crippen LogP contribution in [0.25, 0.3) is 10.9 Å². The maximum atomic E-state index is 12.2. The Bertz CT molecular complexity index is 737. The second-order valence-electron chi connectivity index (χ2n) is 3.93. The summed E-state index contributed by atoms with van der Waals surface area (Å²) >= 11 is 0. The van der Waals surface area contributed by atoms with Gasteiger partial charge < -0.3 is 0 Å². The highest BCUT2D eigenvalue weighted by molar-refractivity contribution is 5.76. The minimum atomic E-state index is -0.135. The van der Waals surface area contributed by atoms with E-state index >= 15 is 0 Å². The molecule has 0 aliphatic heterocycles. The number of nitrogens with zero attached hydrogens (tertiary/aromatic N) is 4. The van der Waals surface area contributed by atoms with E-state index in [0.717, 1.165) is 5.56 Å². The molecular weight excluding hydrogens is 228 g/mol. The average molecular weight is 238 g/mol. The first-order valence-electron chi connectivity index (χ1n) is 5.56. The predicted octanol–water partition coefficient (Wildman–Crippen LogP) is 1.23. The number of rotatable bonds is 2. The van der Waals surface area contributed by atoms with Crippen molar-refractivity contribution >= 4 is 10.9 Å². The predicted molar refractivity (Wildman–Crippen MR) is 67.1 cm³/mol. The van der Waals surface area contributed by atoms with Crippen LogP contribution in [0.5, 0.6) is 0 Å². The molecule has 0 spiro atoms. The van der Waals surface area contributed by atoms with Crippen molar-refractivity contribution in [3.63, 3.8) is 0 Å². The molecule has 18 heavy (non-hydrogen) atoms. The number of pyridine rings is 1. The molecule has 2 heterocycles. The molecule has 5 nitrogen and oxygen atoms in total. The van der Waals surface area contributed by atoms with Gasteiger partial charge in [-0.2, -0.15) is 0 Å². The summed E-state index contributed by atoms with van der Waals surface area (Å²) in [5.74, 6) is 0. The summed E-state index contributed by atoms with van der Waals surface area (Å²) in [6.07, 6.45) is 3.40. The molecule has 0 N–H and O–H groups in total. The summed E-state index contributed by atoms with van der Waals surface area (Å²) in [7, 11) is 0. The molecule has 0 aliphatic rings. The maximum Gasteiger partial charge on any atom is 0.277 e. The van der Waals surface area contributed by atoms with Crippen LogP contribution >= 0.6 is 0 Å². The van der Waals surface area contributed by atoms with Gasteiger partial charge in [0.05, 0.1) is 11.9 Å². The van der Waals surface area contributed by atoms with E-state index in [9.17, 15) is 4.79 Å². The fourth-order valence-corrected chi connectivity index (χ4v) is 1.79. The lowest BCUT2D eigenvalue weighted by Crippen LogP contribution is -2.24. The quantitative estimate of drug-likeness (QED) is 0.673.